The first-order valence-electron chi connectivity index (χ1n) is 4.18. The molecule has 1 fully saturated rings. The third kappa shape index (κ3) is 7.21. The van der Waals surface area contributed by atoms with E-state index < -0.39 is 17.4 Å². The van der Waals surface area contributed by atoms with Gasteiger partial charge in [-0.05, 0) is 20.8 Å². The number of amides is 1. The fourth-order valence-electron chi connectivity index (χ4n) is 0.576. The van der Waals surface area contributed by atoms with Crippen LogP contribution in [0.15, 0.2) is 0 Å². The van der Waals surface area contributed by atoms with Crippen LogP contribution in [0.4, 0.5) is 8.78 Å². The Morgan fingerprint density at radius 3 is 1.93 bits per heavy atom. The molecule has 1 amide bonds. The van der Waals surface area contributed by atoms with Gasteiger partial charge in [-0.2, -0.15) is 8.78 Å². The van der Waals surface area contributed by atoms with Crippen molar-refractivity contribution in [3.8, 4) is 0 Å². The van der Waals surface area contributed by atoms with E-state index in [9.17, 15) is 13.6 Å². The Hall–Kier alpha value is -0.750. The molecule has 0 radical (unpaired) electrons. The normalized spacial score (nSPS) is 18.4. The summed E-state index contributed by atoms with van der Waals surface area (Å²) < 4.78 is 23.9. The molecule has 0 atom stereocenters. The lowest BCUT2D eigenvalue weighted by molar-refractivity contribution is -0.306. The zero-order valence-electron chi connectivity index (χ0n) is 8.43. The molecule has 15 heavy (non-hydrogen) atoms. The second kappa shape index (κ2) is 5.97. The Kier molecular flexibility index (Phi) is 6.64. The molecule has 6 heteroatoms. The van der Waals surface area contributed by atoms with Crippen molar-refractivity contribution >= 4 is 5.91 Å². The minimum absolute atomic E-state index is 0. The average Bonchev–Trinajstić information content (AvgIpc) is 2.30. The van der Waals surface area contributed by atoms with E-state index in [0.717, 1.165) is 0 Å². The number of hydrogen-bond acceptors (Lipinski definition) is 3. The topological polar surface area (TPSA) is 58.6 Å². The summed E-state index contributed by atoms with van der Waals surface area (Å²) in [4.78, 5) is 14.0. The molecule has 1 aliphatic heterocycles. The van der Waals surface area contributed by atoms with Gasteiger partial charge in [-0.25, -0.2) is 4.89 Å². The molecule has 0 spiro atoms. The highest BCUT2D eigenvalue weighted by atomic mass is 19.3. The van der Waals surface area contributed by atoms with E-state index in [1.165, 1.54) is 0 Å². The Labute approximate surface area is 88.5 Å². The van der Waals surface area contributed by atoms with Gasteiger partial charge in [-0.3, -0.25) is 10.1 Å². The second-order valence-corrected chi connectivity index (χ2v) is 3.91. The summed E-state index contributed by atoms with van der Waals surface area (Å²) in [5, 5.41) is 9.92. The van der Waals surface area contributed by atoms with Crippen LogP contribution in [0.3, 0.4) is 0 Å². The van der Waals surface area contributed by atoms with Gasteiger partial charge in [0, 0.05) is 13.0 Å². The van der Waals surface area contributed by atoms with E-state index in [1.54, 1.807) is 20.8 Å². The van der Waals surface area contributed by atoms with Gasteiger partial charge >= 0.3 is 5.92 Å². The van der Waals surface area contributed by atoms with Crippen molar-refractivity contribution in [2.45, 2.75) is 46.1 Å². The van der Waals surface area contributed by atoms with Crippen molar-refractivity contribution in [3.63, 3.8) is 0 Å². The first kappa shape index (κ1) is 16.7. The zero-order valence-corrected chi connectivity index (χ0v) is 8.43. The van der Waals surface area contributed by atoms with Gasteiger partial charge in [0.15, 0.2) is 0 Å². The smallest absolute Gasteiger partial charge is 0.326 e. The molecule has 0 saturated carbocycles. The highest BCUT2D eigenvalue weighted by molar-refractivity contribution is 5.85. The predicted molar refractivity (Wildman–Crippen MR) is 52.8 cm³/mol. The molecule has 0 aromatic heterocycles. The minimum atomic E-state index is -3.10. The number of rotatable bonds is 0. The molecule has 0 bridgehead atoms. The third-order valence-electron chi connectivity index (χ3n) is 1.33. The standard InChI is InChI=1S/C4H5F2NO.C4H10O2.CH4/c5-4(6)1-2-7-3(4)8;1-4(2,3)6-5;/h1-2H2,(H,7,8);5H,1-3H3;1H4. The van der Waals surface area contributed by atoms with Crippen molar-refractivity contribution in [1.29, 1.82) is 0 Å². The largest absolute Gasteiger partial charge is 0.351 e. The quantitative estimate of drug-likeness (QED) is 0.492. The molecule has 0 aromatic rings. The van der Waals surface area contributed by atoms with E-state index >= 15 is 0 Å². The summed E-state index contributed by atoms with van der Waals surface area (Å²) in [6.45, 7) is 5.42. The van der Waals surface area contributed by atoms with E-state index in [2.05, 4.69) is 4.89 Å². The lowest BCUT2D eigenvalue weighted by Crippen LogP contribution is -2.28. The molecule has 0 aromatic carbocycles. The minimum Gasteiger partial charge on any atom is -0.351 e. The molecule has 1 aliphatic rings. The first-order chi connectivity index (χ1) is 6.19. The number of carbonyl (C=O) groups excluding carboxylic acids is 1. The summed E-state index contributed by atoms with van der Waals surface area (Å²) in [6, 6.07) is 0. The van der Waals surface area contributed by atoms with Crippen LogP contribution in [0, 0.1) is 0 Å². The Balaban J connectivity index is 0. The van der Waals surface area contributed by atoms with Gasteiger partial charge in [0.1, 0.15) is 0 Å². The van der Waals surface area contributed by atoms with Gasteiger partial charge in [0.25, 0.3) is 5.91 Å². The van der Waals surface area contributed by atoms with Crippen LogP contribution in [0.2, 0.25) is 0 Å². The zero-order chi connectivity index (χ0) is 11.4. The average molecular weight is 227 g/mol. The summed E-state index contributed by atoms with van der Waals surface area (Å²) in [7, 11) is 0. The van der Waals surface area contributed by atoms with Gasteiger partial charge in [0.2, 0.25) is 0 Å². The van der Waals surface area contributed by atoms with Crippen molar-refractivity contribution in [2.24, 2.45) is 0 Å². The lowest BCUT2D eigenvalue weighted by Gasteiger charge is -2.10. The maximum atomic E-state index is 11.9. The van der Waals surface area contributed by atoms with Crippen molar-refractivity contribution in [1.82, 2.24) is 5.32 Å². The van der Waals surface area contributed by atoms with Gasteiger partial charge in [-0.15, -0.1) is 0 Å². The number of carbonyl (C=O) groups is 1. The maximum Gasteiger partial charge on any atom is 0.326 e. The first-order valence-corrected chi connectivity index (χ1v) is 4.18. The van der Waals surface area contributed by atoms with E-state index in [-0.39, 0.29) is 20.4 Å². The Morgan fingerprint density at radius 1 is 1.47 bits per heavy atom. The number of halogens is 2. The highest BCUT2D eigenvalue weighted by Crippen LogP contribution is 2.21. The van der Waals surface area contributed by atoms with Crippen molar-refractivity contribution < 1.29 is 23.7 Å². The van der Waals surface area contributed by atoms with Crippen LogP contribution >= 0.6 is 0 Å². The molecule has 1 saturated heterocycles. The van der Waals surface area contributed by atoms with Gasteiger partial charge in [-0.1, -0.05) is 7.43 Å². The second-order valence-electron chi connectivity index (χ2n) is 3.91. The van der Waals surface area contributed by atoms with Crippen LogP contribution in [0.1, 0.15) is 34.6 Å². The van der Waals surface area contributed by atoms with E-state index in [0.29, 0.717) is 0 Å². The summed E-state index contributed by atoms with van der Waals surface area (Å²) in [6.07, 6.45) is -0.355. The van der Waals surface area contributed by atoms with Gasteiger partial charge < -0.3 is 5.32 Å². The fraction of sp³-hybridized carbons (Fsp3) is 0.889. The monoisotopic (exact) mass is 227 g/mol. The van der Waals surface area contributed by atoms with Crippen LogP contribution in [0.25, 0.3) is 0 Å². The molecule has 2 N–H and O–H groups in total. The molecule has 1 heterocycles. The summed E-state index contributed by atoms with van der Waals surface area (Å²) >= 11 is 0. The van der Waals surface area contributed by atoms with Crippen LogP contribution in [0.5, 0.6) is 0 Å². The fourth-order valence-corrected chi connectivity index (χ4v) is 0.576. The van der Waals surface area contributed by atoms with Crippen molar-refractivity contribution in [2.75, 3.05) is 6.54 Å². The highest BCUT2D eigenvalue weighted by Gasteiger charge is 2.42. The van der Waals surface area contributed by atoms with Crippen molar-refractivity contribution in [3.05, 3.63) is 0 Å². The van der Waals surface area contributed by atoms with Crippen LogP contribution in [-0.2, 0) is 9.68 Å². The van der Waals surface area contributed by atoms with E-state index in [1.807, 2.05) is 5.32 Å². The Morgan fingerprint density at radius 2 is 1.87 bits per heavy atom. The number of hydrogen-bond donors (Lipinski definition) is 2. The summed E-state index contributed by atoms with van der Waals surface area (Å²) in [5.41, 5.74) is -0.403. The molecule has 1 rings (SSSR count). The molecular formula is C9H19F2NO3. The molecule has 4 nitrogen and oxygen atoms in total. The van der Waals surface area contributed by atoms with Crippen LogP contribution < -0.4 is 5.32 Å². The predicted octanol–water partition coefficient (Wildman–Crippen LogP) is 2.05. The lowest BCUT2D eigenvalue weighted by atomic mass is 10.2. The maximum absolute atomic E-state index is 11.9. The molecular weight excluding hydrogens is 208 g/mol. The molecule has 0 unspecified atom stereocenters. The third-order valence-corrected chi connectivity index (χ3v) is 1.33. The van der Waals surface area contributed by atoms with E-state index in [4.69, 9.17) is 5.26 Å². The summed E-state index contributed by atoms with van der Waals surface area (Å²) in [5.74, 6) is -4.24. The molecule has 92 valence electrons. The Bertz CT molecular complexity index is 202. The molecule has 0 aliphatic carbocycles. The SMILES string of the molecule is C.CC(C)(C)OO.O=C1NCCC1(F)F. The van der Waals surface area contributed by atoms with Gasteiger partial charge in [0.05, 0.1) is 5.60 Å². The number of alkyl halides is 2. The van der Waals surface area contributed by atoms with Crippen LogP contribution in [-0.4, -0.2) is 29.2 Å². The number of nitrogens with one attached hydrogen (secondary N) is 1.